The van der Waals surface area contributed by atoms with Gasteiger partial charge in [0.05, 0.1) is 6.04 Å². The Balaban J connectivity index is 1.88. The smallest absolute Gasteiger partial charge is 0.134 e. The van der Waals surface area contributed by atoms with Gasteiger partial charge in [0.2, 0.25) is 0 Å². The molecule has 0 aliphatic carbocycles. The van der Waals surface area contributed by atoms with E-state index in [1.165, 1.54) is 10.4 Å². The van der Waals surface area contributed by atoms with Gasteiger partial charge < -0.3 is 10.2 Å². The minimum absolute atomic E-state index is 0.383. The summed E-state index contributed by atoms with van der Waals surface area (Å²) in [5.74, 6) is 2.79. The molecule has 21 heavy (non-hydrogen) atoms. The number of hydrogen-bond donors (Lipinski definition) is 1. The van der Waals surface area contributed by atoms with Crippen molar-refractivity contribution in [3.8, 4) is 0 Å². The summed E-state index contributed by atoms with van der Waals surface area (Å²) in [6.07, 6.45) is 2.20. The zero-order valence-corrected chi connectivity index (χ0v) is 13.7. The van der Waals surface area contributed by atoms with Crippen molar-refractivity contribution in [2.24, 2.45) is 0 Å². The number of aromatic nitrogens is 2. The van der Waals surface area contributed by atoms with Crippen LogP contribution in [0, 0.1) is 6.92 Å². The molecule has 3 heterocycles. The fraction of sp³-hybridized carbons (Fsp3) is 0.500. The Hall–Kier alpha value is -1.62. The summed E-state index contributed by atoms with van der Waals surface area (Å²) in [6, 6.07) is 4.71. The Bertz CT molecular complexity index is 622. The molecular weight excluding hydrogens is 280 g/mol. The largest absolute Gasteiger partial charge is 0.370 e. The topological polar surface area (TPSA) is 41.0 Å². The third-order valence-corrected chi connectivity index (χ3v) is 4.95. The predicted molar refractivity (Wildman–Crippen MR) is 89.3 cm³/mol. The number of nitrogens with zero attached hydrogens (tertiary/aromatic N) is 3. The van der Waals surface area contributed by atoms with Crippen LogP contribution < -0.4 is 10.2 Å². The minimum Gasteiger partial charge on any atom is -0.370 e. The van der Waals surface area contributed by atoms with E-state index >= 15 is 0 Å². The first-order chi connectivity index (χ1) is 10.2. The minimum atomic E-state index is 0.383. The summed E-state index contributed by atoms with van der Waals surface area (Å²) in [6.45, 7) is 8.36. The molecule has 0 saturated heterocycles. The second-order valence-electron chi connectivity index (χ2n) is 5.50. The molecule has 1 aliphatic heterocycles. The van der Waals surface area contributed by atoms with Gasteiger partial charge >= 0.3 is 0 Å². The molecule has 1 unspecified atom stereocenters. The lowest BCUT2D eigenvalue weighted by Crippen LogP contribution is -2.34. The van der Waals surface area contributed by atoms with Gasteiger partial charge in [0, 0.05) is 24.0 Å². The van der Waals surface area contributed by atoms with Gasteiger partial charge in [-0.25, -0.2) is 9.97 Å². The Kier molecular flexibility index (Phi) is 4.10. The molecule has 0 aromatic carbocycles. The first-order valence-corrected chi connectivity index (χ1v) is 8.49. The lowest BCUT2D eigenvalue weighted by Gasteiger charge is -2.34. The molecule has 0 spiro atoms. The first kappa shape index (κ1) is 14.3. The summed E-state index contributed by atoms with van der Waals surface area (Å²) >= 11 is 1.87. The molecule has 0 radical (unpaired) electrons. The molecule has 0 bridgehead atoms. The van der Waals surface area contributed by atoms with E-state index in [0.717, 1.165) is 43.4 Å². The Morgan fingerprint density at radius 1 is 1.43 bits per heavy atom. The van der Waals surface area contributed by atoms with E-state index in [1.807, 2.05) is 18.3 Å². The Labute approximate surface area is 130 Å². The van der Waals surface area contributed by atoms with Gasteiger partial charge in [-0.05, 0) is 43.7 Å². The SMILES string of the molecule is CCCNc1cc(N2CCc3sccc3C2C)nc(C)n1. The summed E-state index contributed by atoms with van der Waals surface area (Å²) in [4.78, 5) is 13.0. The van der Waals surface area contributed by atoms with Crippen molar-refractivity contribution in [2.75, 3.05) is 23.3 Å². The first-order valence-electron chi connectivity index (χ1n) is 7.61. The molecule has 1 N–H and O–H groups in total. The molecule has 3 rings (SSSR count). The van der Waals surface area contributed by atoms with E-state index in [1.54, 1.807) is 0 Å². The number of aryl methyl sites for hydroxylation is 1. The number of nitrogens with one attached hydrogen (secondary N) is 1. The predicted octanol–water partition coefficient (Wildman–Crippen LogP) is 3.79. The summed E-state index contributed by atoms with van der Waals surface area (Å²) in [5.41, 5.74) is 1.45. The summed E-state index contributed by atoms with van der Waals surface area (Å²) in [5, 5.41) is 5.57. The zero-order valence-electron chi connectivity index (χ0n) is 12.9. The van der Waals surface area contributed by atoms with Crippen molar-refractivity contribution in [3.63, 3.8) is 0 Å². The van der Waals surface area contributed by atoms with Crippen molar-refractivity contribution in [3.05, 3.63) is 33.8 Å². The van der Waals surface area contributed by atoms with Gasteiger partial charge in [-0.1, -0.05) is 6.92 Å². The highest BCUT2D eigenvalue weighted by Gasteiger charge is 2.26. The normalized spacial score (nSPS) is 17.7. The maximum Gasteiger partial charge on any atom is 0.134 e. The molecule has 1 atom stereocenters. The molecule has 2 aromatic rings. The third-order valence-electron chi connectivity index (χ3n) is 3.95. The molecule has 4 nitrogen and oxygen atoms in total. The summed E-state index contributed by atoms with van der Waals surface area (Å²) in [7, 11) is 0. The number of rotatable bonds is 4. The van der Waals surface area contributed by atoms with Crippen molar-refractivity contribution < 1.29 is 0 Å². The van der Waals surface area contributed by atoms with Crippen LogP contribution in [-0.4, -0.2) is 23.1 Å². The molecule has 112 valence electrons. The highest BCUT2D eigenvalue weighted by molar-refractivity contribution is 7.10. The second-order valence-corrected chi connectivity index (χ2v) is 6.50. The van der Waals surface area contributed by atoms with Crippen LogP contribution in [0.15, 0.2) is 17.5 Å². The molecule has 1 aliphatic rings. The lowest BCUT2D eigenvalue weighted by molar-refractivity contribution is 0.623. The van der Waals surface area contributed by atoms with Gasteiger partial charge in [0.25, 0.3) is 0 Å². The van der Waals surface area contributed by atoms with Crippen molar-refractivity contribution >= 4 is 23.0 Å². The fourth-order valence-electron chi connectivity index (χ4n) is 2.87. The van der Waals surface area contributed by atoms with Crippen molar-refractivity contribution in [1.82, 2.24) is 9.97 Å². The summed E-state index contributed by atoms with van der Waals surface area (Å²) < 4.78 is 0. The fourth-order valence-corrected chi connectivity index (χ4v) is 3.83. The second kappa shape index (κ2) is 6.02. The van der Waals surface area contributed by atoms with Crippen molar-refractivity contribution in [2.45, 2.75) is 39.7 Å². The van der Waals surface area contributed by atoms with E-state index in [9.17, 15) is 0 Å². The Morgan fingerprint density at radius 2 is 2.29 bits per heavy atom. The van der Waals surface area contributed by atoms with Crippen LogP contribution in [0.1, 0.15) is 42.6 Å². The highest BCUT2D eigenvalue weighted by Crippen LogP contribution is 2.35. The molecule has 5 heteroatoms. The molecular formula is C16H22N4S. The zero-order chi connectivity index (χ0) is 14.8. The average Bonchev–Trinajstić information content (AvgIpc) is 2.94. The highest BCUT2D eigenvalue weighted by atomic mass is 32.1. The lowest BCUT2D eigenvalue weighted by atomic mass is 10.0. The van der Waals surface area contributed by atoms with E-state index < -0.39 is 0 Å². The Morgan fingerprint density at radius 3 is 3.10 bits per heavy atom. The maximum atomic E-state index is 4.65. The van der Waals surface area contributed by atoms with Gasteiger partial charge in [-0.3, -0.25) is 0 Å². The van der Waals surface area contributed by atoms with Crippen molar-refractivity contribution in [1.29, 1.82) is 0 Å². The molecule has 0 fully saturated rings. The van der Waals surface area contributed by atoms with Crippen LogP contribution in [0.4, 0.5) is 11.6 Å². The number of hydrogen-bond acceptors (Lipinski definition) is 5. The van der Waals surface area contributed by atoms with Crippen LogP contribution in [0.3, 0.4) is 0 Å². The molecule has 0 saturated carbocycles. The quantitative estimate of drug-likeness (QED) is 0.933. The maximum absolute atomic E-state index is 4.65. The van der Waals surface area contributed by atoms with Gasteiger partial charge in [-0.2, -0.15) is 0 Å². The average molecular weight is 302 g/mol. The molecule has 2 aromatic heterocycles. The number of fused-ring (bicyclic) bond motifs is 1. The number of thiophene rings is 1. The van der Waals surface area contributed by atoms with E-state index in [0.29, 0.717) is 6.04 Å². The third kappa shape index (κ3) is 2.88. The van der Waals surface area contributed by atoms with Crippen LogP contribution in [0.5, 0.6) is 0 Å². The van der Waals surface area contributed by atoms with Crippen LogP contribution in [0.2, 0.25) is 0 Å². The van der Waals surface area contributed by atoms with E-state index in [2.05, 4.69) is 51.5 Å². The van der Waals surface area contributed by atoms with Crippen LogP contribution in [0.25, 0.3) is 0 Å². The van der Waals surface area contributed by atoms with Crippen LogP contribution in [-0.2, 0) is 6.42 Å². The van der Waals surface area contributed by atoms with Gasteiger partial charge in [0.15, 0.2) is 0 Å². The van der Waals surface area contributed by atoms with Crippen LogP contribution >= 0.6 is 11.3 Å². The standard InChI is InChI=1S/C16H22N4S/c1-4-7-17-15-10-16(19-12(3)18-15)20-8-5-14-13(11(20)2)6-9-21-14/h6,9-11H,4-5,7-8H2,1-3H3,(H,17,18,19). The molecule has 0 amide bonds. The van der Waals surface area contributed by atoms with Gasteiger partial charge in [-0.15, -0.1) is 11.3 Å². The van der Waals surface area contributed by atoms with Gasteiger partial charge in [0.1, 0.15) is 17.5 Å². The van der Waals surface area contributed by atoms with E-state index in [4.69, 9.17) is 0 Å². The van der Waals surface area contributed by atoms with E-state index in [-0.39, 0.29) is 0 Å². The monoisotopic (exact) mass is 302 g/mol. The number of anilines is 2.